The first-order chi connectivity index (χ1) is 9.79. The van der Waals surface area contributed by atoms with Crippen molar-refractivity contribution in [3.05, 3.63) is 48.0 Å². The standard InChI is InChI=1S/C17H20N2O.ClH/c1-18-14-8-5-11-19(12-14)17(20)16-10-4-7-13-6-2-3-9-15(13)16;/h2-4,6-7,9-10,14,18H,5,8,11-12H2,1H3;1H. The van der Waals surface area contributed by atoms with Crippen molar-refractivity contribution in [3.63, 3.8) is 0 Å². The topological polar surface area (TPSA) is 32.3 Å². The van der Waals surface area contributed by atoms with Crippen molar-refractivity contribution in [1.29, 1.82) is 0 Å². The fourth-order valence-corrected chi connectivity index (χ4v) is 2.98. The molecule has 1 saturated heterocycles. The average molecular weight is 305 g/mol. The second-order valence-electron chi connectivity index (χ2n) is 5.41. The number of piperidine rings is 1. The smallest absolute Gasteiger partial charge is 0.254 e. The quantitative estimate of drug-likeness (QED) is 0.925. The SMILES string of the molecule is CNC1CCCN(C(=O)c2cccc3ccccc23)C1.Cl. The summed E-state index contributed by atoms with van der Waals surface area (Å²) >= 11 is 0. The summed E-state index contributed by atoms with van der Waals surface area (Å²) in [7, 11) is 1.97. The van der Waals surface area contributed by atoms with E-state index in [-0.39, 0.29) is 18.3 Å². The number of fused-ring (bicyclic) bond motifs is 1. The zero-order chi connectivity index (χ0) is 13.9. The van der Waals surface area contributed by atoms with Crippen LogP contribution < -0.4 is 5.32 Å². The van der Waals surface area contributed by atoms with Gasteiger partial charge in [-0.1, -0.05) is 36.4 Å². The van der Waals surface area contributed by atoms with Crippen molar-refractivity contribution < 1.29 is 4.79 Å². The summed E-state index contributed by atoms with van der Waals surface area (Å²) < 4.78 is 0. The van der Waals surface area contributed by atoms with Crippen molar-refractivity contribution in [3.8, 4) is 0 Å². The lowest BCUT2D eigenvalue weighted by molar-refractivity contribution is 0.0700. The highest BCUT2D eigenvalue weighted by Gasteiger charge is 2.24. The fraction of sp³-hybridized carbons (Fsp3) is 0.353. The molecule has 1 aliphatic rings. The van der Waals surface area contributed by atoms with Gasteiger partial charge in [0.25, 0.3) is 5.91 Å². The highest BCUT2D eigenvalue weighted by Crippen LogP contribution is 2.21. The van der Waals surface area contributed by atoms with Gasteiger partial charge in [-0.05, 0) is 36.7 Å². The van der Waals surface area contributed by atoms with Crippen LogP contribution in [0.5, 0.6) is 0 Å². The van der Waals surface area contributed by atoms with Gasteiger partial charge in [0.2, 0.25) is 0 Å². The number of hydrogen-bond donors (Lipinski definition) is 1. The van der Waals surface area contributed by atoms with Crippen molar-refractivity contribution in [2.75, 3.05) is 20.1 Å². The Kier molecular flexibility index (Phi) is 5.21. The van der Waals surface area contributed by atoms with Crippen LogP contribution in [-0.4, -0.2) is 37.0 Å². The van der Waals surface area contributed by atoms with E-state index in [4.69, 9.17) is 0 Å². The molecule has 3 rings (SSSR count). The van der Waals surface area contributed by atoms with Gasteiger partial charge < -0.3 is 10.2 Å². The summed E-state index contributed by atoms with van der Waals surface area (Å²) in [6.45, 7) is 1.67. The Morgan fingerprint density at radius 3 is 2.76 bits per heavy atom. The molecule has 1 atom stereocenters. The van der Waals surface area contributed by atoms with Crippen LogP contribution in [0.1, 0.15) is 23.2 Å². The molecule has 21 heavy (non-hydrogen) atoms. The molecule has 1 amide bonds. The van der Waals surface area contributed by atoms with Crippen LogP contribution in [0.15, 0.2) is 42.5 Å². The first-order valence-corrected chi connectivity index (χ1v) is 7.24. The third-order valence-corrected chi connectivity index (χ3v) is 4.14. The zero-order valence-corrected chi connectivity index (χ0v) is 13.0. The van der Waals surface area contributed by atoms with Gasteiger partial charge in [-0.3, -0.25) is 4.79 Å². The predicted octanol–water partition coefficient (Wildman–Crippen LogP) is 3.09. The van der Waals surface area contributed by atoms with Crippen LogP contribution >= 0.6 is 12.4 Å². The Hall–Kier alpha value is -1.58. The number of carbonyl (C=O) groups is 1. The Bertz CT molecular complexity index is 624. The highest BCUT2D eigenvalue weighted by atomic mass is 35.5. The molecule has 1 heterocycles. The maximum Gasteiger partial charge on any atom is 0.254 e. The monoisotopic (exact) mass is 304 g/mol. The molecule has 0 radical (unpaired) electrons. The number of likely N-dealkylation sites (tertiary alicyclic amines) is 1. The van der Waals surface area contributed by atoms with E-state index < -0.39 is 0 Å². The van der Waals surface area contributed by atoms with Gasteiger partial charge >= 0.3 is 0 Å². The van der Waals surface area contributed by atoms with Gasteiger partial charge in [0, 0.05) is 24.7 Å². The van der Waals surface area contributed by atoms with E-state index in [1.165, 1.54) is 0 Å². The third kappa shape index (κ3) is 3.20. The van der Waals surface area contributed by atoms with E-state index in [2.05, 4.69) is 17.4 Å². The number of rotatable bonds is 2. The number of benzene rings is 2. The van der Waals surface area contributed by atoms with Crippen molar-refractivity contribution in [2.45, 2.75) is 18.9 Å². The fourth-order valence-electron chi connectivity index (χ4n) is 2.98. The first kappa shape index (κ1) is 15.8. The average Bonchev–Trinajstić information content (AvgIpc) is 2.53. The predicted molar refractivity (Wildman–Crippen MR) is 89.2 cm³/mol. The number of nitrogens with zero attached hydrogens (tertiary/aromatic N) is 1. The van der Waals surface area contributed by atoms with E-state index in [1.807, 2.05) is 42.3 Å². The Labute approximate surface area is 131 Å². The number of nitrogens with one attached hydrogen (secondary N) is 1. The Balaban J connectivity index is 0.00000161. The van der Waals surface area contributed by atoms with E-state index >= 15 is 0 Å². The number of halogens is 1. The lowest BCUT2D eigenvalue weighted by atomic mass is 10.0. The minimum Gasteiger partial charge on any atom is -0.337 e. The van der Waals surface area contributed by atoms with Crippen LogP contribution in [0, 0.1) is 0 Å². The molecule has 1 aliphatic heterocycles. The van der Waals surface area contributed by atoms with Gasteiger partial charge in [-0.25, -0.2) is 0 Å². The molecule has 4 heteroatoms. The van der Waals surface area contributed by atoms with E-state index in [9.17, 15) is 4.79 Å². The van der Waals surface area contributed by atoms with Gasteiger partial charge in [0.15, 0.2) is 0 Å². The summed E-state index contributed by atoms with van der Waals surface area (Å²) in [6.07, 6.45) is 2.22. The first-order valence-electron chi connectivity index (χ1n) is 7.24. The van der Waals surface area contributed by atoms with Crippen LogP contribution in [0.2, 0.25) is 0 Å². The molecule has 0 spiro atoms. The summed E-state index contributed by atoms with van der Waals surface area (Å²) in [4.78, 5) is 14.8. The van der Waals surface area contributed by atoms with Crippen LogP contribution in [-0.2, 0) is 0 Å². The molecule has 0 aliphatic carbocycles. The van der Waals surface area contributed by atoms with Gasteiger partial charge in [-0.2, -0.15) is 0 Å². The van der Waals surface area contributed by atoms with Crippen molar-refractivity contribution in [1.82, 2.24) is 10.2 Å². The van der Waals surface area contributed by atoms with Crippen LogP contribution in [0.4, 0.5) is 0 Å². The minimum atomic E-state index is 0. The summed E-state index contributed by atoms with van der Waals surface area (Å²) in [5.41, 5.74) is 0.819. The maximum atomic E-state index is 12.8. The van der Waals surface area contributed by atoms with E-state index in [0.29, 0.717) is 6.04 Å². The molecule has 112 valence electrons. The zero-order valence-electron chi connectivity index (χ0n) is 12.2. The largest absolute Gasteiger partial charge is 0.337 e. The Morgan fingerprint density at radius 2 is 1.95 bits per heavy atom. The molecular weight excluding hydrogens is 284 g/mol. The molecule has 0 saturated carbocycles. The molecule has 2 aromatic rings. The molecule has 0 bridgehead atoms. The second kappa shape index (κ2) is 6.92. The normalized spacial score (nSPS) is 18.3. The number of carbonyl (C=O) groups excluding carboxylic acids is 1. The Morgan fingerprint density at radius 1 is 1.19 bits per heavy atom. The number of amides is 1. The van der Waals surface area contributed by atoms with Crippen LogP contribution in [0.25, 0.3) is 10.8 Å². The number of hydrogen-bond acceptors (Lipinski definition) is 2. The highest BCUT2D eigenvalue weighted by molar-refractivity contribution is 6.07. The maximum absolute atomic E-state index is 12.8. The lowest BCUT2D eigenvalue weighted by Gasteiger charge is -2.32. The van der Waals surface area contributed by atoms with Crippen LogP contribution in [0.3, 0.4) is 0 Å². The molecule has 0 aromatic heterocycles. The number of likely N-dealkylation sites (N-methyl/N-ethyl adjacent to an activating group) is 1. The molecular formula is C17H21ClN2O. The second-order valence-corrected chi connectivity index (χ2v) is 5.41. The van der Waals surface area contributed by atoms with Crippen molar-refractivity contribution >= 4 is 29.1 Å². The molecule has 1 fully saturated rings. The lowest BCUT2D eigenvalue weighted by Crippen LogP contribution is -2.47. The summed E-state index contributed by atoms with van der Waals surface area (Å²) in [6, 6.07) is 14.5. The van der Waals surface area contributed by atoms with E-state index in [1.54, 1.807) is 0 Å². The summed E-state index contributed by atoms with van der Waals surface area (Å²) in [5.74, 6) is 0.154. The van der Waals surface area contributed by atoms with E-state index in [0.717, 1.165) is 42.3 Å². The van der Waals surface area contributed by atoms with Gasteiger partial charge in [0.1, 0.15) is 0 Å². The molecule has 1 N–H and O–H groups in total. The minimum absolute atomic E-state index is 0. The van der Waals surface area contributed by atoms with Gasteiger partial charge in [-0.15, -0.1) is 12.4 Å². The molecule has 1 unspecified atom stereocenters. The van der Waals surface area contributed by atoms with Crippen molar-refractivity contribution in [2.24, 2.45) is 0 Å². The molecule has 2 aromatic carbocycles. The molecule has 3 nitrogen and oxygen atoms in total. The van der Waals surface area contributed by atoms with Gasteiger partial charge in [0.05, 0.1) is 0 Å². The third-order valence-electron chi connectivity index (χ3n) is 4.14. The summed E-state index contributed by atoms with van der Waals surface area (Å²) in [5, 5.41) is 5.46.